The lowest BCUT2D eigenvalue weighted by Gasteiger charge is -2.00. The topological polar surface area (TPSA) is 38.7 Å². The fourth-order valence-corrected chi connectivity index (χ4v) is 0.650. The smallest absolute Gasteiger partial charge is 0.0980 e. The van der Waals surface area contributed by atoms with E-state index < -0.39 is 0 Å². The highest BCUT2D eigenvalue weighted by Gasteiger charge is 1.84. The molecule has 3 nitrogen and oxygen atoms in total. The average molecular weight is 246 g/mol. The van der Waals surface area contributed by atoms with Crippen molar-refractivity contribution in [3.63, 3.8) is 0 Å². The molecule has 0 aliphatic heterocycles. The lowest BCUT2D eigenvalue weighted by atomic mass is 10.7. The molecule has 0 fully saturated rings. The lowest BCUT2D eigenvalue weighted by Crippen LogP contribution is -2.06. The Kier molecular flexibility index (Phi) is 9.19. The summed E-state index contributed by atoms with van der Waals surface area (Å²) in [5.41, 5.74) is 0. The molecule has 0 amide bonds. The Balaban J connectivity index is 2.60. The second kappa shape index (κ2) is 8.61. The number of aliphatic hydroxyl groups excluding tert-OH is 1. The van der Waals surface area contributed by atoms with Crippen LogP contribution in [0.2, 0.25) is 0 Å². The van der Waals surface area contributed by atoms with E-state index in [-0.39, 0.29) is 6.61 Å². The molecule has 0 atom stereocenters. The molecule has 0 aliphatic carbocycles. The Morgan fingerprint density at radius 1 is 1.11 bits per heavy atom. The highest BCUT2D eigenvalue weighted by Crippen LogP contribution is 1.83. The van der Waals surface area contributed by atoms with Crippen LogP contribution in [0.25, 0.3) is 0 Å². The minimum absolute atomic E-state index is 0.0875. The van der Waals surface area contributed by atoms with Gasteiger partial charge in [-0.05, 0) is 0 Å². The molecule has 0 saturated heterocycles. The van der Waals surface area contributed by atoms with Gasteiger partial charge in [0.05, 0.1) is 31.0 Å². The number of hydrogen-bond donors (Lipinski definition) is 1. The van der Waals surface area contributed by atoms with Gasteiger partial charge < -0.3 is 14.6 Å². The molecule has 0 aromatic heterocycles. The van der Waals surface area contributed by atoms with E-state index in [1.165, 1.54) is 0 Å². The standard InChI is InChI=1S/C5H11IO3/c6-5-9-4-3-8-2-1-7/h7H,1-5H2. The monoisotopic (exact) mass is 246 g/mol. The Labute approximate surface area is 68.5 Å². The molecule has 9 heavy (non-hydrogen) atoms. The summed E-state index contributed by atoms with van der Waals surface area (Å²) in [7, 11) is 0. The summed E-state index contributed by atoms with van der Waals surface area (Å²) >= 11 is 2.12. The first-order valence-corrected chi connectivity index (χ1v) is 4.26. The van der Waals surface area contributed by atoms with Gasteiger partial charge in [0.15, 0.2) is 0 Å². The van der Waals surface area contributed by atoms with Gasteiger partial charge in [0.1, 0.15) is 0 Å². The first kappa shape index (κ1) is 9.61. The van der Waals surface area contributed by atoms with Crippen molar-refractivity contribution in [1.29, 1.82) is 0 Å². The maximum Gasteiger partial charge on any atom is 0.0980 e. The zero-order chi connectivity index (χ0) is 6.95. The van der Waals surface area contributed by atoms with Crippen LogP contribution in [0.15, 0.2) is 0 Å². The number of halogens is 1. The van der Waals surface area contributed by atoms with Crippen LogP contribution < -0.4 is 0 Å². The summed E-state index contributed by atoms with van der Waals surface area (Å²) in [6, 6.07) is 0. The molecule has 56 valence electrons. The van der Waals surface area contributed by atoms with Crippen LogP contribution in [0.5, 0.6) is 0 Å². The van der Waals surface area contributed by atoms with Gasteiger partial charge >= 0.3 is 0 Å². The molecule has 1 N–H and O–H groups in total. The number of ether oxygens (including phenoxy) is 2. The Hall–Kier alpha value is 0.610. The predicted octanol–water partition coefficient (Wildman–Crippen LogP) is 0.404. The second-order valence-electron chi connectivity index (χ2n) is 1.35. The molecule has 0 saturated carbocycles. The van der Waals surface area contributed by atoms with Crippen molar-refractivity contribution >= 4 is 22.6 Å². The molecule has 0 radical (unpaired) electrons. The van der Waals surface area contributed by atoms with Gasteiger partial charge in [-0.2, -0.15) is 0 Å². The third-order valence-corrected chi connectivity index (χ3v) is 1.13. The summed E-state index contributed by atoms with van der Waals surface area (Å²) < 4.78 is 10.6. The number of aliphatic hydroxyl groups is 1. The van der Waals surface area contributed by atoms with Crippen LogP contribution in [-0.4, -0.2) is 36.1 Å². The van der Waals surface area contributed by atoms with Gasteiger partial charge in [-0.15, -0.1) is 0 Å². The second-order valence-corrected chi connectivity index (χ2v) is 1.98. The van der Waals surface area contributed by atoms with Crippen molar-refractivity contribution in [3.8, 4) is 0 Å². The highest BCUT2D eigenvalue weighted by molar-refractivity contribution is 14.1. The quantitative estimate of drug-likeness (QED) is 0.419. The lowest BCUT2D eigenvalue weighted by molar-refractivity contribution is 0.0483. The first-order valence-electron chi connectivity index (χ1n) is 2.74. The van der Waals surface area contributed by atoms with Crippen LogP contribution in [0.1, 0.15) is 0 Å². The molecule has 0 spiro atoms. The first-order chi connectivity index (χ1) is 4.41. The van der Waals surface area contributed by atoms with E-state index >= 15 is 0 Å². The van der Waals surface area contributed by atoms with Crippen LogP contribution in [-0.2, 0) is 9.47 Å². The van der Waals surface area contributed by atoms with E-state index in [1.54, 1.807) is 0 Å². The van der Waals surface area contributed by atoms with E-state index in [2.05, 4.69) is 22.6 Å². The number of rotatable bonds is 6. The summed E-state index contributed by atoms with van der Waals surface area (Å²) in [5.74, 6) is 0. The molecular formula is C5H11IO3. The Bertz CT molecular complexity index is 45.5. The minimum atomic E-state index is 0.0875. The fraction of sp³-hybridized carbons (Fsp3) is 1.00. The molecule has 0 bridgehead atoms. The molecule has 0 heterocycles. The zero-order valence-corrected chi connectivity index (χ0v) is 7.33. The van der Waals surface area contributed by atoms with Gasteiger partial charge in [0.25, 0.3) is 0 Å². The Morgan fingerprint density at radius 2 is 1.78 bits per heavy atom. The zero-order valence-electron chi connectivity index (χ0n) is 5.18. The maximum absolute atomic E-state index is 8.26. The molecule has 0 aromatic rings. The van der Waals surface area contributed by atoms with Crippen molar-refractivity contribution in [2.75, 3.05) is 31.0 Å². The van der Waals surface area contributed by atoms with Gasteiger partial charge in [0.2, 0.25) is 0 Å². The predicted molar refractivity (Wildman–Crippen MR) is 42.7 cm³/mol. The normalized spacial score (nSPS) is 10.0. The number of alkyl halides is 1. The van der Waals surface area contributed by atoms with E-state index in [9.17, 15) is 0 Å². The summed E-state index contributed by atoms with van der Waals surface area (Å²) in [5, 5.41) is 8.26. The van der Waals surface area contributed by atoms with E-state index in [0.29, 0.717) is 24.4 Å². The third kappa shape index (κ3) is 8.61. The summed E-state index contributed by atoms with van der Waals surface area (Å²) in [6.45, 7) is 1.68. The van der Waals surface area contributed by atoms with Crippen molar-refractivity contribution in [2.45, 2.75) is 0 Å². The van der Waals surface area contributed by atoms with Gasteiger partial charge in [0, 0.05) is 0 Å². The van der Waals surface area contributed by atoms with Gasteiger partial charge in [-0.25, -0.2) is 0 Å². The largest absolute Gasteiger partial charge is 0.394 e. The van der Waals surface area contributed by atoms with Gasteiger partial charge in [-0.1, -0.05) is 22.6 Å². The molecule has 4 heteroatoms. The van der Waals surface area contributed by atoms with Crippen LogP contribution in [0, 0.1) is 0 Å². The molecule has 0 rings (SSSR count). The molecule has 0 aliphatic rings. The van der Waals surface area contributed by atoms with Crippen molar-refractivity contribution < 1.29 is 14.6 Å². The third-order valence-electron chi connectivity index (χ3n) is 0.685. The van der Waals surface area contributed by atoms with Gasteiger partial charge in [-0.3, -0.25) is 0 Å². The minimum Gasteiger partial charge on any atom is -0.394 e. The molecule has 0 unspecified atom stereocenters. The molecular weight excluding hydrogens is 235 g/mol. The van der Waals surface area contributed by atoms with Crippen molar-refractivity contribution in [2.24, 2.45) is 0 Å². The van der Waals surface area contributed by atoms with Crippen LogP contribution in [0.3, 0.4) is 0 Å². The Morgan fingerprint density at radius 3 is 2.33 bits per heavy atom. The average Bonchev–Trinajstić information content (AvgIpc) is 1.89. The summed E-state index contributed by atoms with van der Waals surface area (Å²) in [6.07, 6.45) is 0. The van der Waals surface area contributed by atoms with E-state index in [0.717, 1.165) is 0 Å². The summed E-state index contributed by atoms with van der Waals surface area (Å²) in [4.78, 5) is 0. The molecule has 0 aromatic carbocycles. The SMILES string of the molecule is OCCOCCOCI. The van der Waals surface area contributed by atoms with Crippen molar-refractivity contribution in [1.82, 2.24) is 0 Å². The highest BCUT2D eigenvalue weighted by atomic mass is 127. The van der Waals surface area contributed by atoms with E-state index in [1.807, 2.05) is 0 Å². The maximum atomic E-state index is 8.26. The van der Waals surface area contributed by atoms with Crippen molar-refractivity contribution in [3.05, 3.63) is 0 Å². The fourth-order valence-electron chi connectivity index (χ4n) is 0.339. The number of hydrogen-bond acceptors (Lipinski definition) is 3. The van der Waals surface area contributed by atoms with E-state index in [4.69, 9.17) is 14.6 Å². The van der Waals surface area contributed by atoms with Crippen LogP contribution >= 0.6 is 22.6 Å². The van der Waals surface area contributed by atoms with Crippen LogP contribution in [0.4, 0.5) is 0 Å².